The fourth-order valence-corrected chi connectivity index (χ4v) is 2.87. The summed E-state index contributed by atoms with van der Waals surface area (Å²) < 4.78 is 0. The van der Waals surface area contributed by atoms with Crippen molar-refractivity contribution in [2.45, 2.75) is 26.2 Å². The zero-order chi connectivity index (χ0) is 20.1. The predicted molar refractivity (Wildman–Crippen MR) is 112 cm³/mol. The van der Waals surface area contributed by atoms with E-state index in [2.05, 4.69) is 42.5 Å². The molecule has 0 aliphatic heterocycles. The first-order valence-corrected chi connectivity index (χ1v) is 9.00. The first-order valence-electron chi connectivity index (χ1n) is 9.00. The van der Waals surface area contributed by atoms with Crippen LogP contribution >= 0.6 is 0 Å². The lowest BCUT2D eigenvalue weighted by Gasteiger charge is -2.23. The Labute approximate surface area is 165 Å². The highest BCUT2D eigenvalue weighted by molar-refractivity contribution is 6.05. The molecule has 3 rings (SSSR count). The van der Waals surface area contributed by atoms with Gasteiger partial charge in [-0.2, -0.15) is 5.26 Å². The van der Waals surface area contributed by atoms with Crippen molar-refractivity contribution < 1.29 is 4.79 Å². The minimum absolute atomic E-state index is 0.0822. The van der Waals surface area contributed by atoms with Crippen LogP contribution in [0, 0.1) is 11.3 Å². The molecule has 0 saturated carbocycles. The number of carbonyl (C=O) groups is 1. The van der Waals surface area contributed by atoms with Crippen LogP contribution in [-0.4, -0.2) is 10.9 Å². The lowest BCUT2D eigenvalue weighted by Crippen LogP contribution is -2.18. The molecule has 3 aromatic rings. The summed E-state index contributed by atoms with van der Waals surface area (Å²) in [5, 5.41) is 15.1. The average Bonchev–Trinajstić information content (AvgIpc) is 2.68. The van der Waals surface area contributed by atoms with Gasteiger partial charge in [-0.05, 0) is 47.4 Å². The summed E-state index contributed by atoms with van der Waals surface area (Å²) >= 11 is 0. The quantitative estimate of drug-likeness (QED) is 0.658. The summed E-state index contributed by atoms with van der Waals surface area (Å²) in [6.07, 6.45) is 3.19. The van der Waals surface area contributed by atoms with Crippen molar-refractivity contribution in [1.82, 2.24) is 4.98 Å². The van der Waals surface area contributed by atoms with E-state index in [0.29, 0.717) is 16.8 Å². The van der Waals surface area contributed by atoms with E-state index in [1.54, 1.807) is 30.6 Å². The topological polar surface area (TPSA) is 77.8 Å². The predicted octanol–water partition coefficient (Wildman–Crippen LogP) is 5.25. The Morgan fingerprint density at radius 3 is 2.39 bits per heavy atom. The lowest BCUT2D eigenvalue weighted by atomic mass is 9.86. The van der Waals surface area contributed by atoms with Gasteiger partial charge in [0.15, 0.2) is 0 Å². The summed E-state index contributed by atoms with van der Waals surface area (Å²) in [4.78, 5) is 16.9. The third-order valence-corrected chi connectivity index (χ3v) is 4.29. The molecule has 2 aromatic carbocycles. The number of rotatable bonds is 4. The minimum atomic E-state index is -0.215. The van der Waals surface area contributed by atoms with Crippen LogP contribution in [0.25, 0.3) is 0 Å². The number of hydrogen-bond donors (Lipinski definition) is 2. The zero-order valence-corrected chi connectivity index (χ0v) is 16.2. The van der Waals surface area contributed by atoms with Crippen molar-refractivity contribution in [2.24, 2.45) is 0 Å². The maximum atomic E-state index is 12.8. The Bertz CT molecular complexity index is 1030. The van der Waals surface area contributed by atoms with Crippen LogP contribution in [-0.2, 0) is 5.41 Å². The molecule has 0 bridgehead atoms. The van der Waals surface area contributed by atoms with Crippen LogP contribution in [0.3, 0.4) is 0 Å². The third-order valence-electron chi connectivity index (χ3n) is 4.29. The van der Waals surface area contributed by atoms with Crippen molar-refractivity contribution in [3.8, 4) is 6.07 Å². The number of nitrogens with one attached hydrogen (secondary N) is 2. The molecular weight excluding hydrogens is 348 g/mol. The molecule has 0 spiro atoms. The van der Waals surface area contributed by atoms with E-state index in [0.717, 1.165) is 16.9 Å². The minimum Gasteiger partial charge on any atom is -0.354 e. The molecule has 2 N–H and O–H groups in total. The fourth-order valence-electron chi connectivity index (χ4n) is 2.87. The molecule has 5 heteroatoms. The summed E-state index contributed by atoms with van der Waals surface area (Å²) in [6.45, 7) is 6.34. The van der Waals surface area contributed by atoms with E-state index in [1.807, 2.05) is 36.4 Å². The van der Waals surface area contributed by atoms with Gasteiger partial charge in [0.05, 0.1) is 29.1 Å². The van der Waals surface area contributed by atoms with E-state index in [-0.39, 0.29) is 11.3 Å². The molecule has 0 radical (unpaired) electrons. The smallest absolute Gasteiger partial charge is 0.257 e. The van der Waals surface area contributed by atoms with Crippen molar-refractivity contribution in [2.75, 3.05) is 10.6 Å². The fraction of sp³-hybridized carbons (Fsp3) is 0.174. The number of para-hydroxylation sites is 1. The van der Waals surface area contributed by atoms with Crippen molar-refractivity contribution in [3.05, 3.63) is 83.7 Å². The highest BCUT2D eigenvalue weighted by atomic mass is 16.1. The number of hydrogen-bond acceptors (Lipinski definition) is 4. The largest absolute Gasteiger partial charge is 0.354 e. The molecule has 140 valence electrons. The van der Waals surface area contributed by atoms with E-state index >= 15 is 0 Å². The molecule has 0 saturated heterocycles. The van der Waals surface area contributed by atoms with Gasteiger partial charge in [0, 0.05) is 17.6 Å². The molecule has 0 aliphatic carbocycles. The molecule has 0 atom stereocenters. The molecule has 1 aromatic heterocycles. The SMILES string of the molecule is CC(C)(C)c1ccccc1NC(=O)c1cncc(Nc2ccc(C#N)cc2)c1. The van der Waals surface area contributed by atoms with E-state index in [9.17, 15) is 4.79 Å². The first kappa shape index (κ1) is 19.1. The van der Waals surface area contributed by atoms with Gasteiger partial charge in [0.2, 0.25) is 0 Å². The number of nitriles is 1. The summed E-state index contributed by atoms with van der Waals surface area (Å²) in [6, 6.07) is 18.7. The van der Waals surface area contributed by atoms with Crippen LogP contribution in [0.5, 0.6) is 0 Å². The van der Waals surface area contributed by atoms with Crippen LogP contribution < -0.4 is 10.6 Å². The summed E-state index contributed by atoms with van der Waals surface area (Å²) in [7, 11) is 0. The number of pyridine rings is 1. The Balaban J connectivity index is 1.79. The number of nitrogens with zero attached hydrogens (tertiary/aromatic N) is 2. The van der Waals surface area contributed by atoms with E-state index in [4.69, 9.17) is 5.26 Å². The number of carbonyl (C=O) groups excluding carboxylic acids is 1. The van der Waals surface area contributed by atoms with Crippen LogP contribution in [0.2, 0.25) is 0 Å². The average molecular weight is 370 g/mol. The lowest BCUT2D eigenvalue weighted by molar-refractivity contribution is 0.102. The second kappa shape index (κ2) is 7.93. The second-order valence-corrected chi connectivity index (χ2v) is 7.53. The number of amides is 1. The molecule has 0 unspecified atom stereocenters. The molecule has 28 heavy (non-hydrogen) atoms. The number of anilines is 3. The van der Waals surface area contributed by atoms with Gasteiger partial charge in [-0.25, -0.2) is 0 Å². The van der Waals surface area contributed by atoms with Crippen molar-refractivity contribution in [1.29, 1.82) is 5.26 Å². The first-order chi connectivity index (χ1) is 13.4. The maximum absolute atomic E-state index is 12.8. The Morgan fingerprint density at radius 2 is 1.71 bits per heavy atom. The molecular formula is C23H22N4O. The van der Waals surface area contributed by atoms with Gasteiger partial charge in [0.25, 0.3) is 5.91 Å². The number of aromatic nitrogens is 1. The third kappa shape index (κ3) is 4.54. The summed E-state index contributed by atoms with van der Waals surface area (Å²) in [5.74, 6) is -0.215. The van der Waals surface area contributed by atoms with Gasteiger partial charge in [-0.15, -0.1) is 0 Å². The number of benzene rings is 2. The van der Waals surface area contributed by atoms with Crippen molar-refractivity contribution >= 4 is 23.0 Å². The Morgan fingerprint density at radius 1 is 1.00 bits per heavy atom. The standard InChI is InChI=1S/C23H22N4O/c1-23(2,3)20-6-4-5-7-21(20)27-22(28)17-12-19(15-25-14-17)26-18-10-8-16(13-24)9-11-18/h4-12,14-15,26H,1-3H3,(H,27,28). The monoisotopic (exact) mass is 370 g/mol. The second-order valence-electron chi connectivity index (χ2n) is 7.53. The maximum Gasteiger partial charge on any atom is 0.257 e. The van der Waals surface area contributed by atoms with Gasteiger partial charge < -0.3 is 10.6 Å². The van der Waals surface area contributed by atoms with Crippen LogP contribution in [0.4, 0.5) is 17.1 Å². The molecule has 5 nitrogen and oxygen atoms in total. The van der Waals surface area contributed by atoms with Crippen molar-refractivity contribution in [3.63, 3.8) is 0 Å². The Hall–Kier alpha value is -3.65. The van der Waals surface area contributed by atoms with Gasteiger partial charge in [-0.3, -0.25) is 9.78 Å². The summed E-state index contributed by atoms with van der Waals surface area (Å²) in [5.41, 5.74) is 4.35. The highest BCUT2D eigenvalue weighted by Gasteiger charge is 2.19. The van der Waals surface area contributed by atoms with Crippen LogP contribution in [0.15, 0.2) is 67.0 Å². The van der Waals surface area contributed by atoms with Gasteiger partial charge in [-0.1, -0.05) is 39.0 Å². The molecule has 1 amide bonds. The molecule has 1 heterocycles. The van der Waals surface area contributed by atoms with Gasteiger partial charge in [0.1, 0.15) is 0 Å². The normalized spacial score (nSPS) is 10.8. The van der Waals surface area contributed by atoms with Gasteiger partial charge >= 0.3 is 0 Å². The molecule has 0 aliphatic rings. The zero-order valence-electron chi connectivity index (χ0n) is 16.2. The van der Waals surface area contributed by atoms with E-state index < -0.39 is 0 Å². The van der Waals surface area contributed by atoms with Crippen LogP contribution in [0.1, 0.15) is 42.3 Å². The van der Waals surface area contributed by atoms with E-state index in [1.165, 1.54) is 0 Å². The molecule has 0 fully saturated rings. The highest BCUT2D eigenvalue weighted by Crippen LogP contribution is 2.29. The Kier molecular flexibility index (Phi) is 5.42.